The molecule has 126 valence electrons. The van der Waals surface area contributed by atoms with Gasteiger partial charge in [-0.05, 0) is 30.3 Å². The highest BCUT2D eigenvalue weighted by Gasteiger charge is 2.31. The highest BCUT2D eigenvalue weighted by molar-refractivity contribution is 5.62. The van der Waals surface area contributed by atoms with Crippen molar-refractivity contribution in [3.05, 3.63) is 47.9 Å². The molecular weight excluding hydrogens is 344 g/mol. The van der Waals surface area contributed by atoms with Gasteiger partial charge < -0.3 is 9.26 Å². The Bertz CT molecular complexity index is 945. The number of nitrogens with zero attached hydrogens (tertiary/aromatic N) is 4. The second-order valence-corrected chi connectivity index (χ2v) is 4.69. The van der Waals surface area contributed by atoms with Crippen molar-refractivity contribution in [3.8, 4) is 34.8 Å². The van der Waals surface area contributed by atoms with Gasteiger partial charge in [0.25, 0.3) is 5.89 Å². The van der Waals surface area contributed by atoms with Crippen LogP contribution in [0.4, 0.5) is 17.6 Å². The number of aromatic nitrogens is 3. The average Bonchev–Trinajstić information content (AvgIpc) is 3.03. The molecule has 0 bridgehead atoms. The number of hydrogen-bond acceptors (Lipinski definition) is 6. The van der Waals surface area contributed by atoms with Gasteiger partial charge in [0.15, 0.2) is 0 Å². The van der Waals surface area contributed by atoms with Gasteiger partial charge >= 0.3 is 6.36 Å². The highest BCUT2D eigenvalue weighted by Crippen LogP contribution is 2.29. The zero-order valence-electron chi connectivity index (χ0n) is 12.1. The van der Waals surface area contributed by atoms with Crippen LogP contribution in [0.1, 0.15) is 5.56 Å². The molecule has 2 aromatic heterocycles. The lowest BCUT2D eigenvalue weighted by Gasteiger charge is -2.09. The number of nitriles is 1. The van der Waals surface area contributed by atoms with E-state index >= 15 is 0 Å². The molecule has 0 radical (unpaired) electrons. The maximum atomic E-state index is 12.9. The molecule has 0 unspecified atom stereocenters. The molecule has 0 saturated heterocycles. The maximum absolute atomic E-state index is 12.9. The van der Waals surface area contributed by atoms with Crippen LogP contribution in [-0.4, -0.2) is 21.5 Å². The molecule has 0 aliphatic heterocycles. The smallest absolute Gasteiger partial charge is 0.406 e. The molecule has 3 rings (SSSR count). The summed E-state index contributed by atoms with van der Waals surface area (Å²) >= 11 is 0. The van der Waals surface area contributed by atoms with Crippen molar-refractivity contribution in [2.24, 2.45) is 0 Å². The van der Waals surface area contributed by atoms with Gasteiger partial charge in [-0.15, -0.1) is 13.2 Å². The van der Waals surface area contributed by atoms with E-state index in [2.05, 4.69) is 19.9 Å². The van der Waals surface area contributed by atoms with Gasteiger partial charge in [0.1, 0.15) is 17.3 Å². The predicted molar refractivity (Wildman–Crippen MR) is 74.3 cm³/mol. The van der Waals surface area contributed by atoms with Crippen LogP contribution in [0.2, 0.25) is 0 Å². The first kappa shape index (κ1) is 16.4. The molecule has 0 N–H and O–H groups in total. The minimum absolute atomic E-state index is 0.00986. The average molecular weight is 350 g/mol. The van der Waals surface area contributed by atoms with Crippen LogP contribution in [0, 0.1) is 17.1 Å². The second kappa shape index (κ2) is 6.20. The van der Waals surface area contributed by atoms with E-state index in [0.717, 1.165) is 24.4 Å². The van der Waals surface area contributed by atoms with E-state index in [1.165, 1.54) is 12.1 Å². The summed E-state index contributed by atoms with van der Waals surface area (Å²) in [6, 6.07) is 7.37. The first-order valence-corrected chi connectivity index (χ1v) is 6.61. The number of pyridine rings is 1. The topological polar surface area (TPSA) is 84.8 Å². The molecule has 25 heavy (non-hydrogen) atoms. The summed E-state index contributed by atoms with van der Waals surface area (Å²) in [5.74, 6) is -1.29. The number of halogens is 4. The zero-order valence-corrected chi connectivity index (χ0v) is 12.1. The van der Waals surface area contributed by atoms with Crippen LogP contribution in [0.3, 0.4) is 0 Å². The number of ether oxygens (including phenoxy) is 1. The van der Waals surface area contributed by atoms with Gasteiger partial charge in [0.05, 0.1) is 17.8 Å². The Morgan fingerprint density at radius 3 is 2.60 bits per heavy atom. The molecule has 0 aliphatic rings. The van der Waals surface area contributed by atoms with Gasteiger partial charge in [0, 0.05) is 5.56 Å². The largest absolute Gasteiger partial charge is 0.573 e. The first-order valence-electron chi connectivity index (χ1n) is 6.61. The van der Waals surface area contributed by atoms with Crippen molar-refractivity contribution >= 4 is 0 Å². The van der Waals surface area contributed by atoms with Crippen molar-refractivity contribution in [3.63, 3.8) is 0 Å². The van der Waals surface area contributed by atoms with Crippen LogP contribution in [0.15, 0.2) is 41.1 Å². The summed E-state index contributed by atoms with van der Waals surface area (Å²) in [4.78, 5) is 7.75. The molecule has 0 amide bonds. The van der Waals surface area contributed by atoms with Crippen molar-refractivity contribution in [2.75, 3.05) is 0 Å². The van der Waals surface area contributed by atoms with Crippen molar-refractivity contribution in [1.82, 2.24) is 15.1 Å². The van der Waals surface area contributed by atoms with E-state index in [-0.39, 0.29) is 28.5 Å². The molecule has 2 heterocycles. The lowest BCUT2D eigenvalue weighted by atomic mass is 10.1. The number of hydrogen-bond donors (Lipinski definition) is 0. The third-order valence-electron chi connectivity index (χ3n) is 2.90. The van der Waals surface area contributed by atoms with Crippen molar-refractivity contribution < 1.29 is 26.8 Å². The molecule has 1 aromatic carbocycles. The molecular formula is C15H6F4N4O2. The van der Waals surface area contributed by atoms with Crippen LogP contribution in [0.25, 0.3) is 23.0 Å². The summed E-state index contributed by atoms with van der Waals surface area (Å²) in [5.41, 5.74) is 0.176. The molecule has 3 aromatic rings. The van der Waals surface area contributed by atoms with Crippen LogP contribution in [-0.2, 0) is 0 Å². The Kier molecular flexibility index (Phi) is 4.06. The Morgan fingerprint density at radius 2 is 1.96 bits per heavy atom. The summed E-state index contributed by atoms with van der Waals surface area (Å²) in [5, 5.41) is 12.6. The van der Waals surface area contributed by atoms with Crippen molar-refractivity contribution in [1.29, 1.82) is 5.26 Å². The fraction of sp³-hybridized carbons (Fsp3) is 0.0667. The normalized spacial score (nSPS) is 11.2. The molecule has 0 saturated carbocycles. The SMILES string of the molecule is N#Cc1cc(OC(F)(F)F)cc(-c2nc(-c3ccc(F)cn3)no2)c1. The third kappa shape index (κ3) is 3.89. The van der Waals surface area contributed by atoms with E-state index < -0.39 is 17.9 Å². The highest BCUT2D eigenvalue weighted by atomic mass is 19.4. The van der Waals surface area contributed by atoms with E-state index in [1.807, 2.05) is 0 Å². The predicted octanol–water partition coefficient (Wildman–Crippen LogP) is 3.71. The van der Waals surface area contributed by atoms with Gasteiger partial charge in [-0.3, -0.25) is 0 Å². The van der Waals surface area contributed by atoms with Crippen molar-refractivity contribution in [2.45, 2.75) is 6.36 Å². The maximum Gasteiger partial charge on any atom is 0.573 e. The van der Waals surface area contributed by atoms with E-state index in [4.69, 9.17) is 9.78 Å². The molecule has 0 spiro atoms. The number of benzene rings is 1. The van der Waals surface area contributed by atoms with Crippen LogP contribution < -0.4 is 4.74 Å². The standard InChI is InChI=1S/C15H6F4N4O2/c16-10-1-2-12(21-7-10)13-22-14(25-23-13)9-3-8(6-20)4-11(5-9)24-15(17,18)19/h1-5,7H. The molecule has 0 fully saturated rings. The van der Waals surface area contributed by atoms with Crippen LogP contribution in [0.5, 0.6) is 5.75 Å². The Hall–Kier alpha value is -3.48. The Balaban J connectivity index is 1.98. The van der Waals surface area contributed by atoms with E-state index in [1.54, 1.807) is 6.07 Å². The van der Waals surface area contributed by atoms with Gasteiger partial charge in [-0.25, -0.2) is 9.37 Å². The first-order chi connectivity index (χ1) is 11.8. The fourth-order valence-corrected chi connectivity index (χ4v) is 1.93. The molecule has 10 heteroatoms. The van der Waals surface area contributed by atoms with Gasteiger partial charge in [0.2, 0.25) is 5.82 Å². The summed E-state index contributed by atoms with van der Waals surface area (Å²) in [6.45, 7) is 0. The zero-order chi connectivity index (χ0) is 18.0. The monoisotopic (exact) mass is 350 g/mol. The van der Waals surface area contributed by atoms with Crippen LogP contribution >= 0.6 is 0 Å². The Morgan fingerprint density at radius 1 is 1.16 bits per heavy atom. The lowest BCUT2D eigenvalue weighted by Crippen LogP contribution is -2.17. The van der Waals surface area contributed by atoms with Gasteiger partial charge in [-0.2, -0.15) is 10.2 Å². The molecule has 0 atom stereocenters. The molecule has 6 nitrogen and oxygen atoms in total. The fourth-order valence-electron chi connectivity index (χ4n) is 1.93. The molecule has 0 aliphatic carbocycles. The van der Waals surface area contributed by atoms with E-state index in [9.17, 15) is 17.6 Å². The lowest BCUT2D eigenvalue weighted by molar-refractivity contribution is -0.274. The minimum atomic E-state index is -4.91. The summed E-state index contributed by atoms with van der Waals surface area (Å²) in [7, 11) is 0. The minimum Gasteiger partial charge on any atom is -0.406 e. The number of rotatable bonds is 3. The van der Waals surface area contributed by atoms with E-state index in [0.29, 0.717) is 0 Å². The summed E-state index contributed by atoms with van der Waals surface area (Å²) in [6.07, 6.45) is -3.96. The third-order valence-corrected chi connectivity index (χ3v) is 2.90. The van der Waals surface area contributed by atoms with Gasteiger partial charge in [-0.1, -0.05) is 5.16 Å². The number of alkyl halides is 3. The second-order valence-electron chi connectivity index (χ2n) is 4.69. The summed E-state index contributed by atoms with van der Waals surface area (Å²) < 4.78 is 58.8. The quantitative estimate of drug-likeness (QED) is 0.670. The Labute approximate surface area is 137 Å².